The average Bonchev–Trinajstić information content (AvgIpc) is 2.56. The van der Waals surface area contributed by atoms with E-state index in [0.29, 0.717) is 5.54 Å². The predicted molar refractivity (Wildman–Crippen MR) is 59.8 cm³/mol. The summed E-state index contributed by atoms with van der Waals surface area (Å²) in [6.07, 6.45) is 4.77. The first-order valence-corrected chi connectivity index (χ1v) is 6.17. The Morgan fingerprint density at radius 2 is 1.93 bits per heavy atom. The largest absolute Gasteiger partial charge is 0.353 e. The van der Waals surface area contributed by atoms with Crippen LogP contribution in [-0.2, 0) is 9.47 Å². The van der Waals surface area contributed by atoms with Crippen molar-refractivity contribution in [3.05, 3.63) is 0 Å². The van der Waals surface area contributed by atoms with Crippen molar-refractivity contribution >= 4 is 0 Å². The molecule has 2 aliphatic heterocycles. The molecule has 0 atom stereocenters. The molecule has 0 unspecified atom stereocenters. The van der Waals surface area contributed by atoms with Gasteiger partial charge in [0.25, 0.3) is 0 Å². The molecule has 0 radical (unpaired) electrons. The molecule has 2 aliphatic rings. The molecule has 15 heavy (non-hydrogen) atoms. The van der Waals surface area contributed by atoms with Gasteiger partial charge in [-0.05, 0) is 39.7 Å². The quantitative estimate of drug-likeness (QED) is 0.716. The summed E-state index contributed by atoms with van der Waals surface area (Å²) in [4.78, 5) is 2.56. The molecule has 2 saturated heterocycles. The fourth-order valence-electron chi connectivity index (χ4n) is 2.54. The Kier molecular flexibility index (Phi) is 3.65. The highest BCUT2D eigenvalue weighted by Crippen LogP contribution is 2.28. The molecule has 88 valence electrons. The van der Waals surface area contributed by atoms with E-state index >= 15 is 0 Å². The second kappa shape index (κ2) is 4.81. The minimum absolute atomic E-state index is 0.0511. The molecule has 0 bridgehead atoms. The van der Waals surface area contributed by atoms with Gasteiger partial charge >= 0.3 is 0 Å². The maximum atomic E-state index is 5.56. The Balaban J connectivity index is 1.72. The Morgan fingerprint density at radius 3 is 2.53 bits per heavy atom. The van der Waals surface area contributed by atoms with Gasteiger partial charge in [-0.25, -0.2) is 0 Å². The highest BCUT2D eigenvalue weighted by atomic mass is 16.7. The van der Waals surface area contributed by atoms with E-state index in [1.807, 2.05) is 0 Å². The first-order chi connectivity index (χ1) is 7.18. The first-order valence-electron chi connectivity index (χ1n) is 6.17. The van der Waals surface area contributed by atoms with E-state index in [4.69, 9.17) is 9.47 Å². The summed E-state index contributed by atoms with van der Waals surface area (Å²) in [5.74, 6) is 0. The van der Waals surface area contributed by atoms with Crippen LogP contribution in [0, 0.1) is 0 Å². The Morgan fingerprint density at radius 1 is 1.20 bits per heavy atom. The van der Waals surface area contributed by atoms with E-state index in [1.165, 1.54) is 19.4 Å². The Hall–Kier alpha value is -0.120. The van der Waals surface area contributed by atoms with Crippen LogP contribution < -0.4 is 0 Å². The third-order valence-electron chi connectivity index (χ3n) is 3.60. The predicted octanol–water partition coefficient (Wildman–Crippen LogP) is 2.01. The van der Waals surface area contributed by atoms with E-state index in [-0.39, 0.29) is 6.29 Å². The van der Waals surface area contributed by atoms with Crippen molar-refractivity contribution in [1.82, 2.24) is 4.90 Å². The molecule has 2 fully saturated rings. The van der Waals surface area contributed by atoms with Crippen LogP contribution in [0.5, 0.6) is 0 Å². The molecule has 0 spiro atoms. The van der Waals surface area contributed by atoms with Gasteiger partial charge in [0.05, 0.1) is 13.2 Å². The van der Waals surface area contributed by atoms with Crippen LogP contribution in [0.25, 0.3) is 0 Å². The highest BCUT2D eigenvalue weighted by Gasteiger charge is 2.31. The van der Waals surface area contributed by atoms with Gasteiger partial charge in [-0.3, -0.25) is 4.90 Å². The van der Waals surface area contributed by atoms with Gasteiger partial charge in [-0.1, -0.05) is 0 Å². The topological polar surface area (TPSA) is 21.7 Å². The van der Waals surface area contributed by atoms with Gasteiger partial charge in [-0.2, -0.15) is 0 Å². The second-order valence-corrected chi connectivity index (χ2v) is 5.22. The highest BCUT2D eigenvalue weighted by molar-refractivity contribution is 4.87. The number of hydrogen-bond donors (Lipinski definition) is 0. The van der Waals surface area contributed by atoms with Crippen molar-refractivity contribution in [1.29, 1.82) is 0 Å². The van der Waals surface area contributed by atoms with E-state index in [1.54, 1.807) is 0 Å². The molecule has 0 aromatic carbocycles. The third kappa shape index (κ3) is 2.92. The molecular weight excluding hydrogens is 190 g/mol. The fourth-order valence-corrected chi connectivity index (χ4v) is 2.54. The van der Waals surface area contributed by atoms with E-state index in [0.717, 1.165) is 32.6 Å². The second-order valence-electron chi connectivity index (χ2n) is 5.22. The molecule has 0 aromatic heterocycles. The number of rotatable bonds is 3. The standard InChI is InChI=1S/C12H23NO2/c1-12(2)6-3-7-13(12)8-5-11-14-9-4-10-15-11/h11H,3-10H2,1-2H3. The first kappa shape index (κ1) is 11.4. The smallest absolute Gasteiger partial charge is 0.158 e. The lowest BCUT2D eigenvalue weighted by Crippen LogP contribution is -2.40. The molecule has 0 amide bonds. The molecule has 2 heterocycles. The van der Waals surface area contributed by atoms with E-state index < -0.39 is 0 Å². The van der Waals surface area contributed by atoms with Crippen LogP contribution in [0.2, 0.25) is 0 Å². The zero-order valence-corrected chi connectivity index (χ0v) is 10.00. The molecule has 0 saturated carbocycles. The Bertz CT molecular complexity index is 200. The van der Waals surface area contributed by atoms with E-state index in [2.05, 4.69) is 18.7 Å². The van der Waals surface area contributed by atoms with Gasteiger partial charge in [0.15, 0.2) is 6.29 Å². The van der Waals surface area contributed by atoms with Crippen molar-refractivity contribution in [2.45, 2.75) is 51.4 Å². The van der Waals surface area contributed by atoms with Crippen LogP contribution in [-0.4, -0.2) is 43.0 Å². The number of likely N-dealkylation sites (tertiary alicyclic amines) is 1. The molecule has 0 aromatic rings. The number of ether oxygens (including phenoxy) is 2. The zero-order chi connectivity index (χ0) is 10.7. The summed E-state index contributed by atoms with van der Waals surface area (Å²) in [6, 6.07) is 0. The average molecular weight is 213 g/mol. The van der Waals surface area contributed by atoms with Crippen molar-refractivity contribution in [2.75, 3.05) is 26.3 Å². The number of hydrogen-bond acceptors (Lipinski definition) is 3. The van der Waals surface area contributed by atoms with Crippen LogP contribution >= 0.6 is 0 Å². The molecular formula is C12H23NO2. The number of nitrogens with zero attached hydrogens (tertiary/aromatic N) is 1. The summed E-state index contributed by atoms with van der Waals surface area (Å²) in [5, 5.41) is 0. The normalized spacial score (nSPS) is 28.4. The minimum atomic E-state index is 0.0511. The van der Waals surface area contributed by atoms with E-state index in [9.17, 15) is 0 Å². The van der Waals surface area contributed by atoms with Crippen LogP contribution in [0.1, 0.15) is 39.5 Å². The van der Waals surface area contributed by atoms with Gasteiger partial charge in [0, 0.05) is 18.5 Å². The van der Waals surface area contributed by atoms with Crippen molar-refractivity contribution < 1.29 is 9.47 Å². The maximum Gasteiger partial charge on any atom is 0.158 e. The lowest BCUT2D eigenvalue weighted by molar-refractivity contribution is -0.183. The molecule has 2 rings (SSSR count). The lowest BCUT2D eigenvalue weighted by Gasteiger charge is -2.33. The van der Waals surface area contributed by atoms with Gasteiger partial charge < -0.3 is 9.47 Å². The molecule has 3 nitrogen and oxygen atoms in total. The van der Waals surface area contributed by atoms with Gasteiger partial charge in [-0.15, -0.1) is 0 Å². The lowest BCUT2D eigenvalue weighted by atomic mass is 10.0. The SMILES string of the molecule is CC1(C)CCCN1CCC1OCCCO1. The zero-order valence-electron chi connectivity index (χ0n) is 10.00. The van der Waals surface area contributed by atoms with Crippen LogP contribution in [0.3, 0.4) is 0 Å². The minimum Gasteiger partial charge on any atom is -0.353 e. The summed E-state index contributed by atoms with van der Waals surface area (Å²) in [5.41, 5.74) is 0.384. The van der Waals surface area contributed by atoms with Gasteiger partial charge in [0.2, 0.25) is 0 Å². The van der Waals surface area contributed by atoms with Crippen molar-refractivity contribution in [2.24, 2.45) is 0 Å². The fraction of sp³-hybridized carbons (Fsp3) is 1.00. The van der Waals surface area contributed by atoms with Crippen LogP contribution in [0.15, 0.2) is 0 Å². The van der Waals surface area contributed by atoms with Crippen molar-refractivity contribution in [3.8, 4) is 0 Å². The summed E-state index contributed by atoms with van der Waals surface area (Å²) in [7, 11) is 0. The molecule has 0 aliphatic carbocycles. The summed E-state index contributed by atoms with van der Waals surface area (Å²) >= 11 is 0. The van der Waals surface area contributed by atoms with Crippen LogP contribution in [0.4, 0.5) is 0 Å². The Labute approximate surface area is 92.7 Å². The summed E-state index contributed by atoms with van der Waals surface area (Å²) < 4.78 is 11.1. The molecule has 3 heteroatoms. The monoisotopic (exact) mass is 213 g/mol. The van der Waals surface area contributed by atoms with Crippen molar-refractivity contribution in [3.63, 3.8) is 0 Å². The van der Waals surface area contributed by atoms with Gasteiger partial charge in [0.1, 0.15) is 0 Å². The maximum absolute atomic E-state index is 5.56. The summed E-state index contributed by atoms with van der Waals surface area (Å²) in [6.45, 7) is 8.75. The molecule has 0 N–H and O–H groups in total. The third-order valence-corrected chi connectivity index (χ3v) is 3.60.